The topological polar surface area (TPSA) is 0 Å². The van der Waals surface area contributed by atoms with Crippen LogP contribution in [0.25, 0.3) is 10.8 Å². The van der Waals surface area contributed by atoms with Crippen LogP contribution in [-0.2, 0) is 0 Å². The average Bonchev–Trinajstić information content (AvgIpc) is 2.31. The molecule has 0 atom stereocenters. The van der Waals surface area contributed by atoms with Gasteiger partial charge < -0.3 is 0 Å². The summed E-state index contributed by atoms with van der Waals surface area (Å²) in [7, 11) is -0.688. The van der Waals surface area contributed by atoms with E-state index in [1.54, 1.807) is 0 Å². The fourth-order valence-corrected chi connectivity index (χ4v) is 1.78. The van der Waals surface area contributed by atoms with Gasteiger partial charge in [0.15, 0.2) is 0 Å². The first-order valence-electron chi connectivity index (χ1n) is 5.18. The molecule has 76 valence electrons. The summed E-state index contributed by atoms with van der Waals surface area (Å²) in [4.78, 5) is 0. The van der Waals surface area contributed by atoms with Crippen LogP contribution in [0, 0.1) is 0 Å². The molecule has 0 spiro atoms. The summed E-state index contributed by atoms with van der Waals surface area (Å²) in [6, 6.07) is 15.2. The Labute approximate surface area is 92.5 Å². The second kappa shape index (κ2) is 6.05. The van der Waals surface area contributed by atoms with E-state index in [0.717, 1.165) is 0 Å². The second-order valence-corrected chi connectivity index (χ2v) is 8.09. The zero-order chi connectivity index (χ0) is 10.4. The SMILES string of the molecule is CC[SiH](Cl)CC.c1cc2ccc1cc2. The van der Waals surface area contributed by atoms with Crippen LogP contribution in [0.3, 0.4) is 0 Å². The molecule has 0 nitrogen and oxygen atoms in total. The lowest BCUT2D eigenvalue weighted by Gasteiger charge is -1.92. The van der Waals surface area contributed by atoms with Gasteiger partial charge in [0, 0.05) is 0 Å². The van der Waals surface area contributed by atoms with E-state index in [-0.39, 0.29) is 0 Å². The number of hydrogen-bond donors (Lipinski definition) is 0. The van der Waals surface area contributed by atoms with E-state index >= 15 is 0 Å². The first-order valence-corrected chi connectivity index (χ1v) is 8.56. The molecule has 0 fully saturated rings. The van der Waals surface area contributed by atoms with Crippen molar-refractivity contribution < 1.29 is 0 Å². The molecule has 3 aromatic rings. The van der Waals surface area contributed by atoms with Gasteiger partial charge in [0.1, 0.15) is 8.11 Å². The molecule has 3 rings (SSSR count). The predicted molar refractivity (Wildman–Crippen MR) is 69.1 cm³/mol. The standard InChI is InChI=1S/C8H6.C4H11ClSi/c1-2-8-5-3-7(1)4-6-8;1-3-6(5)4-2/h1-6H;6H,3-4H2,1-2H3. The molecule has 0 aliphatic heterocycles. The first kappa shape index (κ1) is 11.5. The Morgan fingerprint density at radius 2 is 1.14 bits per heavy atom. The molecular formula is C12H17ClSi. The minimum absolute atomic E-state index is 0.688. The van der Waals surface area contributed by atoms with Gasteiger partial charge in [0.05, 0.1) is 0 Å². The van der Waals surface area contributed by atoms with Gasteiger partial charge in [0.2, 0.25) is 0 Å². The van der Waals surface area contributed by atoms with Crippen LogP contribution in [0.4, 0.5) is 0 Å². The third kappa shape index (κ3) is 3.68. The minimum Gasteiger partial charge on any atom is -0.172 e. The molecule has 0 saturated heterocycles. The third-order valence-electron chi connectivity index (χ3n) is 2.29. The largest absolute Gasteiger partial charge is 0.172 e. The number of hydrogen-bond acceptors (Lipinski definition) is 0. The summed E-state index contributed by atoms with van der Waals surface area (Å²) < 4.78 is 0. The van der Waals surface area contributed by atoms with Crippen molar-refractivity contribution in [2.45, 2.75) is 25.9 Å². The van der Waals surface area contributed by atoms with Gasteiger partial charge in [-0.25, -0.2) is 0 Å². The molecular weight excluding hydrogens is 208 g/mol. The number of rotatable bonds is 2. The quantitative estimate of drug-likeness (QED) is 0.528. The molecule has 0 aliphatic carbocycles. The van der Waals surface area contributed by atoms with E-state index in [4.69, 9.17) is 11.1 Å². The lowest BCUT2D eigenvalue weighted by molar-refractivity contribution is 1.35. The Hall–Kier alpha value is -0.533. The maximum absolute atomic E-state index is 5.79. The van der Waals surface area contributed by atoms with Crippen LogP contribution in [0.1, 0.15) is 13.8 Å². The van der Waals surface area contributed by atoms with Crippen molar-refractivity contribution in [3.05, 3.63) is 36.4 Å². The van der Waals surface area contributed by atoms with Crippen molar-refractivity contribution in [1.82, 2.24) is 0 Å². The summed E-state index contributed by atoms with van der Waals surface area (Å²) in [5.74, 6) is 0. The molecule has 0 aliphatic rings. The van der Waals surface area contributed by atoms with Gasteiger partial charge in [0.25, 0.3) is 0 Å². The second-order valence-electron chi connectivity index (χ2n) is 3.41. The van der Waals surface area contributed by atoms with Crippen LogP contribution in [0.15, 0.2) is 36.4 Å². The van der Waals surface area contributed by atoms with Crippen molar-refractivity contribution in [1.29, 1.82) is 0 Å². The van der Waals surface area contributed by atoms with E-state index in [1.807, 2.05) is 0 Å². The Morgan fingerprint density at radius 1 is 0.857 bits per heavy atom. The first-order chi connectivity index (χ1) is 6.76. The summed E-state index contributed by atoms with van der Waals surface area (Å²) in [6.45, 7) is 4.32. The van der Waals surface area contributed by atoms with Crippen LogP contribution in [0.2, 0.25) is 12.1 Å². The Bertz CT molecular complexity index is 266. The number of fused-ring (bicyclic) bond motifs is 3. The van der Waals surface area contributed by atoms with Crippen LogP contribution >= 0.6 is 11.1 Å². The van der Waals surface area contributed by atoms with E-state index in [9.17, 15) is 0 Å². The van der Waals surface area contributed by atoms with Crippen LogP contribution in [-0.4, -0.2) is 8.11 Å². The maximum atomic E-state index is 5.79. The normalized spacial score (nSPS) is 10.3. The molecule has 2 heteroatoms. The fourth-order valence-electron chi connectivity index (χ4n) is 1.20. The van der Waals surface area contributed by atoms with Crippen molar-refractivity contribution in [2.75, 3.05) is 0 Å². The van der Waals surface area contributed by atoms with Gasteiger partial charge in [-0.15, -0.1) is 0 Å². The van der Waals surface area contributed by atoms with E-state index in [0.29, 0.717) is 0 Å². The van der Waals surface area contributed by atoms with Crippen LogP contribution < -0.4 is 0 Å². The molecule has 0 unspecified atom stereocenters. The maximum Gasteiger partial charge on any atom is 0.140 e. The van der Waals surface area contributed by atoms with E-state index in [1.165, 1.54) is 22.9 Å². The molecule has 0 radical (unpaired) electrons. The van der Waals surface area contributed by atoms with Gasteiger partial charge in [-0.05, 0) is 22.9 Å². The summed E-state index contributed by atoms with van der Waals surface area (Å²) >= 11 is 5.79. The highest BCUT2D eigenvalue weighted by Gasteiger charge is 1.95. The Morgan fingerprint density at radius 3 is 1.21 bits per heavy atom. The van der Waals surface area contributed by atoms with Crippen molar-refractivity contribution in [2.24, 2.45) is 0 Å². The molecule has 0 aromatic heterocycles. The Kier molecular flexibility index (Phi) is 4.98. The molecule has 0 N–H and O–H groups in total. The lowest BCUT2D eigenvalue weighted by Crippen LogP contribution is -1.95. The van der Waals surface area contributed by atoms with Gasteiger partial charge >= 0.3 is 0 Å². The zero-order valence-corrected chi connectivity index (χ0v) is 10.7. The fraction of sp³-hybridized carbons (Fsp3) is 0.333. The highest BCUT2D eigenvalue weighted by molar-refractivity contribution is 7.06. The number of benzene rings is 3. The summed E-state index contributed by atoms with van der Waals surface area (Å²) in [6.07, 6.45) is 0. The summed E-state index contributed by atoms with van der Waals surface area (Å²) in [5, 5.41) is 2.61. The highest BCUT2D eigenvalue weighted by Crippen LogP contribution is 2.09. The van der Waals surface area contributed by atoms with Crippen molar-refractivity contribution >= 4 is 30.0 Å². The Balaban J connectivity index is 0.000000149. The predicted octanol–water partition coefficient (Wildman–Crippen LogP) is 4.27. The molecule has 2 bridgehead atoms. The number of halogens is 1. The third-order valence-corrected chi connectivity index (χ3v) is 5.91. The van der Waals surface area contributed by atoms with Gasteiger partial charge in [-0.3, -0.25) is 0 Å². The zero-order valence-electron chi connectivity index (χ0n) is 8.83. The summed E-state index contributed by atoms with van der Waals surface area (Å²) in [5.41, 5.74) is 0. The van der Waals surface area contributed by atoms with Gasteiger partial charge in [-0.1, -0.05) is 50.2 Å². The minimum atomic E-state index is -0.688. The van der Waals surface area contributed by atoms with Gasteiger partial charge in [-0.2, -0.15) is 11.1 Å². The van der Waals surface area contributed by atoms with Crippen molar-refractivity contribution in [3.8, 4) is 0 Å². The molecule has 14 heavy (non-hydrogen) atoms. The van der Waals surface area contributed by atoms with Crippen molar-refractivity contribution in [3.63, 3.8) is 0 Å². The van der Waals surface area contributed by atoms with E-state index < -0.39 is 8.11 Å². The smallest absolute Gasteiger partial charge is 0.140 e. The highest BCUT2D eigenvalue weighted by atomic mass is 35.6. The molecule has 0 amide bonds. The molecule has 3 aromatic carbocycles. The molecule has 0 heterocycles. The monoisotopic (exact) mass is 224 g/mol. The molecule has 0 saturated carbocycles. The average molecular weight is 225 g/mol. The van der Waals surface area contributed by atoms with Crippen LogP contribution in [0.5, 0.6) is 0 Å². The lowest BCUT2D eigenvalue weighted by atomic mass is 10.1. The van der Waals surface area contributed by atoms with E-state index in [2.05, 4.69) is 50.2 Å².